The summed E-state index contributed by atoms with van der Waals surface area (Å²) in [6.45, 7) is 4.08. The summed E-state index contributed by atoms with van der Waals surface area (Å²) in [6, 6.07) is 11.0. The summed E-state index contributed by atoms with van der Waals surface area (Å²) in [6.07, 6.45) is 7.23. The second-order valence-corrected chi connectivity index (χ2v) is 5.88. The second kappa shape index (κ2) is 9.37. The maximum atomic E-state index is 11.8. The minimum absolute atomic E-state index is 0.161. The van der Waals surface area contributed by atoms with Crippen LogP contribution in [0, 0.1) is 5.92 Å². The van der Waals surface area contributed by atoms with Crippen LogP contribution in [-0.4, -0.2) is 23.4 Å². The number of carbonyl (C=O) groups excluding carboxylic acids is 2. The molecule has 130 valence electrons. The monoisotopic (exact) mass is 338 g/mol. The van der Waals surface area contributed by atoms with E-state index in [1.165, 1.54) is 6.08 Å². The summed E-state index contributed by atoms with van der Waals surface area (Å²) in [5.41, 5.74) is 1.86. The number of hydrogen-bond acceptors (Lipinski definition) is 4. The number of esters is 1. The molecule has 1 aromatic heterocycles. The Morgan fingerprint density at radius 1 is 1.24 bits per heavy atom. The molecule has 5 nitrogen and oxygen atoms in total. The van der Waals surface area contributed by atoms with Gasteiger partial charge in [-0.15, -0.1) is 0 Å². The molecule has 25 heavy (non-hydrogen) atoms. The van der Waals surface area contributed by atoms with Gasteiger partial charge in [0.05, 0.1) is 5.92 Å². The molecule has 5 heteroatoms. The van der Waals surface area contributed by atoms with Crippen LogP contribution in [-0.2, 0) is 16.0 Å². The summed E-state index contributed by atoms with van der Waals surface area (Å²) in [7, 11) is 0. The van der Waals surface area contributed by atoms with Gasteiger partial charge in [-0.25, -0.2) is 0 Å². The van der Waals surface area contributed by atoms with Crippen molar-refractivity contribution in [2.75, 3.05) is 6.54 Å². The largest absolute Gasteiger partial charge is 0.426 e. The van der Waals surface area contributed by atoms with E-state index in [1.54, 1.807) is 38.4 Å². The number of ether oxygens (including phenoxy) is 1. The number of aromatic nitrogens is 1. The van der Waals surface area contributed by atoms with Crippen LogP contribution in [0.5, 0.6) is 5.75 Å². The van der Waals surface area contributed by atoms with Crippen molar-refractivity contribution in [3.63, 3.8) is 0 Å². The van der Waals surface area contributed by atoms with E-state index in [4.69, 9.17) is 4.74 Å². The molecule has 0 aliphatic carbocycles. The number of nitrogens with one attached hydrogen (secondary N) is 1. The third-order valence-corrected chi connectivity index (χ3v) is 3.41. The molecule has 1 heterocycles. The summed E-state index contributed by atoms with van der Waals surface area (Å²) in [5.74, 6) is -0.0641. The van der Waals surface area contributed by atoms with Crippen molar-refractivity contribution in [3.8, 4) is 5.75 Å². The molecule has 0 saturated carbocycles. The normalized spacial score (nSPS) is 10.8. The van der Waals surface area contributed by atoms with Crippen LogP contribution in [0.1, 0.15) is 25.0 Å². The van der Waals surface area contributed by atoms with Crippen molar-refractivity contribution < 1.29 is 14.3 Å². The lowest BCUT2D eigenvalue weighted by atomic mass is 10.1. The van der Waals surface area contributed by atoms with E-state index in [0.717, 1.165) is 11.1 Å². The van der Waals surface area contributed by atoms with Crippen LogP contribution in [0.15, 0.2) is 54.9 Å². The number of hydrogen-bond donors (Lipinski definition) is 1. The third kappa shape index (κ3) is 6.59. The molecule has 2 aromatic rings. The van der Waals surface area contributed by atoms with Gasteiger partial charge in [-0.3, -0.25) is 14.6 Å². The van der Waals surface area contributed by atoms with Gasteiger partial charge in [-0.1, -0.05) is 32.0 Å². The fraction of sp³-hybridized carbons (Fsp3) is 0.250. The quantitative estimate of drug-likeness (QED) is 0.479. The van der Waals surface area contributed by atoms with Gasteiger partial charge in [0.1, 0.15) is 5.75 Å². The molecule has 0 atom stereocenters. The zero-order chi connectivity index (χ0) is 18.1. The smallest absolute Gasteiger partial charge is 0.313 e. The first-order valence-corrected chi connectivity index (χ1v) is 8.21. The van der Waals surface area contributed by atoms with Crippen LogP contribution in [0.3, 0.4) is 0 Å². The van der Waals surface area contributed by atoms with Gasteiger partial charge >= 0.3 is 5.97 Å². The molecular weight excluding hydrogens is 316 g/mol. The van der Waals surface area contributed by atoms with Crippen molar-refractivity contribution in [2.24, 2.45) is 5.92 Å². The molecule has 2 rings (SSSR count). The summed E-state index contributed by atoms with van der Waals surface area (Å²) >= 11 is 0. The van der Waals surface area contributed by atoms with Gasteiger partial charge in [0.2, 0.25) is 5.91 Å². The van der Waals surface area contributed by atoms with Crippen LogP contribution < -0.4 is 10.1 Å². The maximum absolute atomic E-state index is 11.8. The molecule has 0 aliphatic rings. The van der Waals surface area contributed by atoms with Crippen LogP contribution in [0.2, 0.25) is 0 Å². The minimum Gasteiger partial charge on any atom is -0.426 e. The number of carbonyl (C=O) groups is 2. The minimum atomic E-state index is -0.258. The summed E-state index contributed by atoms with van der Waals surface area (Å²) in [4.78, 5) is 27.4. The van der Waals surface area contributed by atoms with Crippen LogP contribution >= 0.6 is 0 Å². The Morgan fingerprint density at radius 2 is 2.08 bits per heavy atom. The maximum Gasteiger partial charge on any atom is 0.313 e. The molecule has 1 aromatic carbocycles. The molecule has 0 unspecified atom stereocenters. The average Bonchev–Trinajstić information content (AvgIpc) is 2.61. The fourth-order valence-electron chi connectivity index (χ4n) is 2.03. The number of benzene rings is 1. The number of nitrogens with zero attached hydrogens (tertiary/aromatic N) is 1. The Labute approximate surface area is 147 Å². The van der Waals surface area contributed by atoms with Gasteiger partial charge in [0, 0.05) is 25.0 Å². The number of pyridine rings is 1. The molecule has 0 saturated heterocycles. The highest BCUT2D eigenvalue weighted by molar-refractivity contribution is 5.91. The molecule has 1 amide bonds. The average molecular weight is 338 g/mol. The summed E-state index contributed by atoms with van der Waals surface area (Å²) < 4.78 is 5.29. The molecule has 0 aliphatic heterocycles. The molecular formula is C20H22N2O3. The van der Waals surface area contributed by atoms with Crippen molar-refractivity contribution in [1.82, 2.24) is 10.3 Å². The van der Waals surface area contributed by atoms with Gasteiger partial charge < -0.3 is 10.1 Å². The SMILES string of the molecule is CC(C)C(=O)Oc1cccc(CCNC(=O)/C=C/c2cccnc2)c1. The van der Waals surface area contributed by atoms with Gasteiger partial charge in [-0.2, -0.15) is 0 Å². The second-order valence-electron chi connectivity index (χ2n) is 5.88. The van der Waals surface area contributed by atoms with Crippen molar-refractivity contribution in [3.05, 3.63) is 66.0 Å². The first-order valence-electron chi connectivity index (χ1n) is 8.21. The van der Waals surface area contributed by atoms with E-state index in [-0.39, 0.29) is 17.8 Å². The number of rotatable bonds is 7. The topological polar surface area (TPSA) is 68.3 Å². The van der Waals surface area contributed by atoms with E-state index in [0.29, 0.717) is 18.7 Å². The standard InChI is InChI=1S/C20H22N2O3/c1-15(2)20(24)25-18-7-3-5-16(13-18)10-12-22-19(23)9-8-17-6-4-11-21-14-17/h3-9,11,13-15H,10,12H2,1-2H3,(H,22,23)/b9-8+. The van der Waals surface area contributed by atoms with Crippen LogP contribution in [0.25, 0.3) is 6.08 Å². The van der Waals surface area contributed by atoms with E-state index in [2.05, 4.69) is 10.3 Å². The predicted octanol–water partition coefficient (Wildman–Crippen LogP) is 3.02. The Bertz CT molecular complexity index is 740. The van der Waals surface area contributed by atoms with Gasteiger partial charge in [-0.05, 0) is 41.8 Å². The van der Waals surface area contributed by atoms with Crippen molar-refractivity contribution in [2.45, 2.75) is 20.3 Å². The Morgan fingerprint density at radius 3 is 2.80 bits per heavy atom. The fourth-order valence-corrected chi connectivity index (χ4v) is 2.03. The molecule has 0 spiro atoms. The zero-order valence-corrected chi connectivity index (χ0v) is 14.4. The lowest BCUT2D eigenvalue weighted by Gasteiger charge is -2.08. The first-order chi connectivity index (χ1) is 12.0. The van der Waals surface area contributed by atoms with Crippen molar-refractivity contribution >= 4 is 18.0 Å². The van der Waals surface area contributed by atoms with E-state index < -0.39 is 0 Å². The lowest BCUT2D eigenvalue weighted by molar-refractivity contribution is -0.137. The highest BCUT2D eigenvalue weighted by atomic mass is 16.5. The molecule has 0 bridgehead atoms. The highest BCUT2D eigenvalue weighted by Gasteiger charge is 2.09. The molecule has 1 N–H and O–H groups in total. The third-order valence-electron chi connectivity index (χ3n) is 3.41. The van der Waals surface area contributed by atoms with Crippen molar-refractivity contribution in [1.29, 1.82) is 0 Å². The predicted molar refractivity (Wildman–Crippen MR) is 96.9 cm³/mol. The summed E-state index contributed by atoms with van der Waals surface area (Å²) in [5, 5.41) is 2.83. The number of amides is 1. The Hall–Kier alpha value is -2.95. The highest BCUT2D eigenvalue weighted by Crippen LogP contribution is 2.15. The zero-order valence-electron chi connectivity index (χ0n) is 14.4. The van der Waals surface area contributed by atoms with Crippen LogP contribution in [0.4, 0.5) is 0 Å². The van der Waals surface area contributed by atoms with E-state index in [9.17, 15) is 9.59 Å². The molecule has 0 fully saturated rings. The van der Waals surface area contributed by atoms with Gasteiger partial charge in [0.25, 0.3) is 0 Å². The lowest BCUT2D eigenvalue weighted by Crippen LogP contribution is -2.23. The van der Waals surface area contributed by atoms with E-state index >= 15 is 0 Å². The Balaban J connectivity index is 1.80. The first kappa shape index (κ1) is 18.4. The van der Waals surface area contributed by atoms with Gasteiger partial charge in [0.15, 0.2) is 0 Å². The molecule has 0 radical (unpaired) electrons. The van der Waals surface area contributed by atoms with E-state index in [1.807, 2.05) is 30.3 Å². The Kier molecular flexibility index (Phi) is 6.89.